The van der Waals surface area contributed by atoms with Crippen molar-refractivity contribution in [2.45, 2.75) is 13.0 Å². The van der Waals surface area contributed by atoms with E-state index in [0.29, 0.717) is 10.8 Å². The second kappa shape index (κ2) is 8.61. The van der Waals surface area contributed by atoms with Crippen molar-refractivity contribution in [3.63, 3.8) is 0 Å². The van der Waals surface area contributed by atoms with Gasteiger partial charge in [0, 0.05) is 13.1 Å². The molecule has 0 bridgehead atoms. The first-order chi connectivity index (χ1) is 11.5. The molecule has 0 fully saturated rings. The van der Waals surface area contributed by atoms with Crippen LogP contribution in [0.3, 0.4) is 0 Å². The molecule has 0 aliphatic heterocycles. The van der Waals surface area contributed by atoms with Gasteiger partial charge in [0.2, 0.25) is 0 Å². The van der Waals surface area contributed by atoms with Crippen molar-refractivity contribution in [2.75, 3.05) is 13.1 Å². The molecule has 1 aromatic heterocycles. The van der Waals surface area contributed by atoms with Gasteiger partial charge in [0.25, 0.3) is 11.8 Å². The van der Waals surface area contributed by atoms with Gasteiger partial charge < -0.3 is 19.8 Å². The molecule has 0 spiro atoms. The van der Waals surface area contributed by atoms with Gasteiger partial charge in [0.1, 0.15) is 10.8 Å². The second-order valence-electron chi connectivity index (χ2n) is 4.84. The van der Waals surface area contributed by atoms with Crippen LogP contribution >= 0.6 is 23.2 Å². The van der Waals surface area contributed by atoms with Crippen molar-refractivity contribution < 1.29 is 18.7 Å². The average molecular weight is 371 g/mol. The molecule has 1 aromatic carbocycles. The van der Waals surface area contributed by atoms with Gasteiger partial charge in [-0.05, 0) is 31.2 Å². The van der Waals surface area contributed by atoms with E-state index in [-0.39, 0.29) is 35.7 Å². The van der Waals surface area contributed by atoms with Crippen LogP contribution in [0.25, 0.3) is 0 Å². The Morgan fingerprint density at radius 3 is 2.62 bits per heavy atom. The van der Waals surface area contributed by atoms with Crippen LogP contribution in [0.4, 0.5) is 0 Å². The largest absolute Gasteiger partial charge is 0.479 e. The van der Waals surface area contributed by atoms with E-state index >= 15 is 0 Å². The van der Waals surface area contributed by atoms with E-state index in [9.17, 15) is 9.59 Å². The molecule has 0 aliphatic rings. The van der Waals surface area contributed by atoms with Crippen molar-refractivity contribution >= 4 is 35.0 Å². The number of hydrogen-bond acceptors (Lipinski definition) is 4. The molecule has 0 saturated carbocycles. The molecule has 2 rings (SSSR count). The van der Waals surface area contributed by atoms with Crippen LogP contribution in [0.1, 0.15) is 17.5 Å². The smallest absolute Gasteiger partial charge is 0.287 e. The third kappa shape index (κ3) is 4.91. The van der Waals surface area contributed by atoms with E-state index in [1.165, 1.54) is 6.26 Å². The Balaban J connectivity index is 1.74. The highest BCUT2D eigenvalue weighted by atomic mass is 35.5. The summed E-state index contributed by atoms with van der Waals surface area (Å²) in [5, 5.41) is 5.87. The molecule has 2 N–H and O–H groups in total. The van der Waals surface area contributed by atoms with Crippen molar-refractivity contribution in [3.05, 3.63) is 52.4 Å². The minimum absolute atomic E-state index is 0.216. The van der Waals surface area contributed by atoms with Crippen LogP contribution in [0.15, 0.2) is 41.0 Å². The van der Waals surface area contributed by atoms with E-state index in [2.05, 4.69) is 10.6 Å². The Hall–Kier alpha value is -2.18. The molecule has 24 heavy (non-hydrogen) atoms. The predicted molar refractivity (Wildman–Crippen MR) is 90.6 cm³/mol. The Bertz CT molecular complexity index is 704. The lowest BCUT2D eigenvalue weighted by atomic mass is 10.3. The Labute approximate surface area is 149 Å². The van der Waals surface area contributed by atoms with E-state index in [0.717, 1.165) is 0 Å². The third-order valence-corrected chi connectivity index (χ3v) is 3.85. The summed E-state index contributed by atoms with van der Waals surface area (Å²) in [4.78, 5) is 23.6. The van der Waals surface area contributed by atoms with Crippen LogP contribution < -0.4 is 15.4 Å². The normalized spacial score (nSPS) is 11.6. The lowest BCUT2D eigenvalue weighted by Crippen LogP contribution is -2.40. The molecular weight excluding hydrogens is 355 g/mol. The summed E-state index contributed by atoms with van der Waals surface area (Å²) in [7, 11) is 0. The average Bonchev–Trinajstić information content (AvgIpc) is 3.10. The Kier molecular flexibility index (Phi) is 6.52. The van der Waals surface area contributed by atoms with Gasteiger partial charge >= 0.3 is 0 Å². The van der Waals surface area contributed by atoms with Crippen molar-refractivity contribution in [3.8, 4) is 5.75 Å². The molecule has 6 nitrogen and oxygen atoms in total. The lowest BCUT2D eigenvalue weighted by molar-refractivity contribution is -0.127. The zero-order valence-corrected chi connectivity index (χ0v) is 14.4. The highest BCUT2D eigenvalue weighted by molar-refractivity contribution is 6.42. The Morgan fingerprint density at radius 2 is 1.92 bits per heavy atom. The molecule has 1 atom stereocenters. The predicted octanol–water partition coefficient (Wildman–Crippen LogP) is 2.90. The highest BCUT2D eigenvalue weighted by Crippen LogP contribution is 2.32. The first-order valence-electron chi connectivity index (χ1n) is 7.19. The summed E-state index contributed by atoms with van der Waals surface area (Å²) in [6, 6.07) is 8.11. The number of halogens is 2. The zero-order valence-electron chi connectivity index (χ0n) is 12.8. The van der Waals surface area contributed by atoms with E-state index in [1.807, 2.05) is 0 Å². The summed E-state index contributed by atoms with van der Waals surface area (Å²) in [6.07, 6.45) is 0.651. The first-order valence-corrected chi connectivity index (χ1v) is 7.94. The van der Waals surface area contributed by atoms with Crippen molar-refractivity contribution in [1.29, 1.82) is 0 Å². The van der Waals surface area contributed by atoms with Crippen LogP contribution in [0.5, 0.6) is 5.75 Å². The number of carbonyl (C=O) groups is 2. The molecule has 0 saturated heterocycles. The quantitative estimate of drug-likeness (QED) is 0.734. The van der Waals surface area contributed by atoms with E-state index in [1.54, 1.807) is 37.3 Å². The number of benzene rings is 1. The number of hydrogen-bond donors (Lipinski definition) is 2. The van der Waals surface area contributed by atoms with Gasteiger partial charge in [-0.3, -0.25) is 9.59 Å². The van der Waals surface area contributed by atoms with Crippen LogP contribution in [-0.4, -0.2) is 31.0 Å². The molecule has 0 aliphatic carbocycles. The van der Waals surface area contributed by atoms with E-state index < -0.39 is 6.10 Å². The molecule has 8 heteroatoms. The number of ether oxygens (including phenoxy) is 1. The first kappa shape index (κ1) is 18.2. The van der Waals surface area contributed by atoms with Gasteiger partial charge in [-0.25, -0.2) is 0 Å². The lowest BCUT2D eigenvalue weighted by Gasteiger charge is -2.16. The Morgan fingerprint density at radius 1 is 1.17 bits per heavy atom. The highest BCUT2D eigenvalue weighted by Gasteiger charge is 2.16. The fourth-order valence-corrected chi connectivity index (χ4v) is 2.16. The molecule has 2 aromatic rings. The maximum absolute atomic E-state index is 12.0. The second-order valence-corrected chi connectivity index (χ2v) is 5.62. The van der Waals surface area contributed by atoms with E-state index in [4.69, 9.17) is 32.4 Å². The zero-order chi connectivity index (χ0) is 17.5. The molecule has 1 heterocycles. The molecule has 128 valence electrons. The molecule has 1 unspecified atom stereocenters. The maximum atomic E-state index is 12.0. The van der Waals surface area contributed by atoms with Gasteiger partial charge in [-0.1, -0.05) is 29.3 Å². The van der Waals surface area contributed by atoms with Crippen LogP contribution in [0.2, 0.25) is 10.0 Å². The summed E-state index contributed by atoms with van der Waals surface area (Å²) >= 11 is 11.9. The standard InChI is InChI=1S/C16H16Cl2N2O4/c1-10(24-12-5-2-4-11(17)14(12)18)15(21)19-7-8-20-16(22)13-6-3-9-23-13/h2-6,9-10H,7-8H2,1H3,(H,19,21)(H,20,22). The minimum Gasteiger partial charge on any atom is -0.479 e. The fraction of sp³-hybridized carbons (Fsp3) is 0.250. The fourth-order valence-electron chi connectivity index (χ4n) is 1.82. The summed E-state index contributed by atoms with van der Waals surface area (Å²) in [6.45, 7) is 2.10. The molecule has 0 radical (unpaired) electrons. The van der Waals surface area contributed by atoms with Crippen molar-refractivity contribution in [2.24, 2.45) is 0 Å². The third-order valence-electron chi connectivity index (χ3n) is 3.04. The monoisotopic (exact) mass is 370 g/mol. The number of furan rings is 1. The summed E-state index contributed by atoms with van der Waals surface area (Å²) < 4.78 is 10.5. The van der Waals surface area contributed by atoms with Crippen molar-refractivity contribution in [1.82, 2.24) is 10.6 Å². The minimum atomic E-state index is -0.762. The number of rotatable bonds is 7. The number of nitrogens with one attached hydrogen (secondary N) is 2. The maximum Gasteiger partial charge on any atom is 0.287 e. The van der Waals surface area contributed by atoms with Gasteiger partial charge in [-0.15, -0.1) is 0 Å². The van der Waals surface area contributed by atoms with Gasteiger partial charge in [0.05, 0.1) is 11.3 Å². The topological polar surface area (TPSA) is 80.6 Å². The molecule has 2 amide bonds. The summed E-state index contributed by atoms with van der Waals surface area (Å²) in [5.41, 5.74) is 0. The SMILES string of the molecule is CC(Oc1cccc(Cl)c1Cl)C(=O)NCCNC(=O)c1ccco1. The van der Waals surface area contributed by atoms with Crippen LogP contribution in [-0.2, 0) is 4.79 Å². The number of carbonyl (C=O) groups excluding carboxylic acids is 2. The van der Waals surface area contributed by atoms with Gasteiger partial charge in [-0.2, -0.15) is 0 Å². The van der Waals surface area contributed by atoms with Crippen LogP contribution in [0, 0.1) is 0 Å². The molecular formula is C16H16Cl2N2O4. The number of amides is 2. The summed E-state index contributed by atoms with van der Waals surface area (Å²) in [5.74, 6) is -0.130. The van der Waals surface area contributed by atoms with Gasteiger partial charge in [0.15, 0.2) is 11.9 Å².